The normalized spacial score (nSPS) is 14.0. The van der Waals surface area contributed by atoms with Crippen molar-refractivity contribution in [1.29, 1.82) is 0 Å². The number of pyridine rings is 1. The molecule has 0 atom stereocenters. The van der Waals surface area contributed by atoms with Gasteiger partial charge in [0.15, 0.2) is 5.75 Å². The molecule has 0 amide bonds. The monoisotopic (exact) mass is 343 g/mol. The second-order valence-corrected chi connectivity index (χ2v) is 6.22. The summed E-state index contributed by atoms with van der Waals surface area (Å²) in [5, 5.41) is 9.96. The van der Waals surface area contributed by atoms with Crippen LogP contribution in [0.2, 0.25) is 5.02 Å². The van der Waals surface area contributed by atoms with Crippen LogP contribution >= 0.6 is 23.8 Å². The van der Waals surface area contributed by atoms with Gasteiger partial charge < -0.3 is 10.1 Å². The molecule has 0 aliphatic heterocycles. The molecule has 2 heterocycles. The molecule has 1 saturated carbocycles. The molecule has 1 aliphatic rings. The van der Waals surface area contributed by atoms with Crippen LogP contribution in [0.15, 0.2) is 42.7 Å². The van der Waals surface area contributed by atoms with Gasteiger partial charge in [0.05, 0.1) is 16.9 Å². The Bertz CT molecular complexity index is 889. The number of rotatable bonds is 5. The highest BCUT2D eigenvalue weighted by Gasteiger charge is 2.21. The van der Waals surface area contributed by atoms with Crippen molar-refractivity contribution in [2.75, 3.05) is 5.32 Å². The SMILES string of the molecule is S=Cc1ccn2ncc(Oc3ccc(NC4CC4)c(Cl)c3)c2c1. The van der Waals surface area contributed by atoms with Crippen LogP contribution in [0.3, 0.4) is 0 Å². The predicted molar refractivity (Wildman–Crippen MR) is 96.1 cm³/mol. The fourth-order valence-electron chi connectivity index (χ4n) is 2.38. The van der Waals surface area contributed by atoms with Crippen LogP contribution in [-0.2, 0) is 0 Å². The van der Waals surface area contributed by atoms with E-state index < -0.39 is 0 Å². The van der Waals surface area contributed by atoms with Gasteiger partial charge in [-0.05, 0) is 42.7 Å². The Morgan fingerprint density at radius 3 is 2.91 bits per heavy atom. The summed E-state index contributed by atoms with van der Waals surface area (Å²) in [7, 11) is 0. The minimum Gasteiger partial charge on any atom is -0.453 e. The first-order valence-electron chi connectivity index (χ1n) is 7.39. The molecule has 4 rings (SSSR count). The summed E-state index contributed by atoms with van der Waals surface area (Å²) in [4.78, 5) is 0. The number of hydrogen-bond donors (Lipinski definition) is 1. The Balaban J connectivity index is 1.62. The van der Waals surface area contributed by atoms with E-state index in [4.69, 9.17) is 28.6 Å². The zero-order valence-corrected chi connectivity index (χ0v) is 13.8. The number of nitrogens with zero attached hydrogens (tertiary/aromatic N) is 2. The molecule has 23 heavy (non-hydrogen) atoms. The predicted octanol–water partition coefficient (Wildman–Crippen LogP) is 4.70. The van der Waals surface area contributed by atoms with E-state index in [1.54, 1.807) is 16.1 Å². The van der Waals surface area contributed by atoms with Gasteiger partial charge in [-0.25, -0.2) is 4.52 Å². The number of ether oxygens (including phenoxy) is 1. The minimum atomic E-state index is 0.562. The van der Waals surface area contributed by atoms with Crippen LogP contribution in [0.25, 0.3) is 5.52 Å². The average molecular weight is 344 g/mol. The molecule has 0 spiro atoms. The smallest absolute Gasteiger partial charge is 0.173 e. The maximum atomic E-state index is 6.33. The average Bonchev–Trinajstić information content (AvgIpc) is 3.30. The van der Waals surface area contributed by atoms with Gasteiger partial charge in [-0.2, -0.15) is 5.10 Å². The van der Waals surface area contributed by atoms with Gasteiger partial charge in [0.25, 0.3) is 0 Å². The van der Waals surface area contributed by atoms with Crippen LogP contribution in [0.4, 0.5) is 5.69 Å². The van der Waals surface area contributed by atoms with Gasteiger partial charge in [-0.3, -0.25) is 0 Å². The van der Waals surface area contributed by atoms with Crippen LogP contribution in [0, 0.1) is 0 Å². The maximum absolute atomic E-state index is 6.33. The molecule has 6 heteroatoms. The highest BCUT2D eigenvalue weighted by Crippen LogP contribution is 2.34. The van der Waals surface area contributed by atoms with Crippen molar-refractivity contribution in [1.82, 2.24) is 9.61 Å². The third kappa shape index (κ3) is 3.02. The lowest BCUT2D eigenvalue weighted by Gasteiger charge is -2.09. The fraction of sp³-hybridized carbons (Fsp3) is 0.176. The lowest BCUT2D eigenvalue weighted by atomic mass is 10.2. The summed E-state index contributed by atoms with van der Waals surface area (Å²) < 4.78 is 7.70. The van der Waals surface area contributed by atoms with Gasteiger partial charge in [-0.15, -0.1) is 0 Å². The number of nitrogens with one attached hydrogen (secondary N) is 1. The van der Waals surface area contributed by atoms with Crippen LogP contribution in [0.1, 0.15) is 18.4 Å². The largest absolute Gasteiger partial charge is 0.453 e. The summed E-state index contributed by atoms with van der Waals surface area (Å²) in [5.74, 6) is 1.35. The molecule has 0 bridgehead atoms. The second-order valence-electron chi connectivity index (χ2n) is 5.58. The molecule has 1 aliphatic carbocycles. The quantitative estimate of drug-likeness (QED) is 0.681. The van der Waals surface area contributed by atoms with Crippen molar-refractivity contribution in [3.8, 4) is 11.5 Å². The number of halogens is 1. The lowest BCUT2D eigenvalue weighted by molar-refractivity contribution is 0.488. The molecule has 1 aromatic carbocycles. The minimum absolute atomic E-state index is 0.562. The van der Waals surface area contributed by atoms with E-state index in [1.165, 1.54) is 12.8 Å². The van der Waals surface area contributed by atoms with Crippen LogP contribution < -0.4 is 10.1 Å². The first kappa shape index (κ1) is 14.5. The molecule has 4 nitrogen and oxygen atoms in total. The number of fused-ring (bicyclic) bond motifs is 1. The number of hydrogen-bond acceptors (Lipinski definition) is 4. The zero-order valence-electron chi connectivity index (χ0n) is 12.2. The summed E-state index contributed by atoms with van der Waals surface area (Å²) in [5.41, 5.74) is 2.75. The number of aromatic nitrogens is 2. The van der Waals surface area contributed by atoms with E-state index in [0.29, 0.717) is 22.6 Å². The number of thiocarbonyl (C=S) groups is 1. The van der Waals surface area contributed by atoms with Crippen LogP contribution in [0.5, 0.6) is 11.5 Å². The molecule has 1 fully saturated rings. The number of anilines is 1. The molecule has 0 saturated heterocycles. The molecule has 116 valence electrons. The van der Waals surface area contributed by atoms with E-state index in [9.17, 15) is 0 Å². The van der Waals surface area contributed by atoms with Gasteiger partial charge in [0.2, 0.25) is 0 Å². The van der Waals surface area contributed by atoms with Crippen molar-refractivity contribution in [2.45, 2.75) is 18.9 Å². The Hall–Kier alpha value is -2.11. The lowest BCUT2D eigenvalue weighted by Crippen LogP contribution is -2.01. The van der Waals surface area contributed by atoms with Gasteiger partial charge in [0.1, 0.15) is 11.3 Å². The van der Waals surface area contributed by atoms with Crippen LogP contribution in [-0.4, -0.2) is 21.0 Å². The molecule has 0 radical (unpaired) electrons. The molecular formula is C17H14ClN3OS. The summed E-state index contributed by atoms with van der Waals surface area (Å²) in [6, 6.07) is 10.1. The first-order valence-corrected chi connectivity index (χ1v) is 8.24. The van der Waals surface area contributed by atoms with Crippen molar-refractivity contribution in [3.63, 3.8) is 0 Å². The molecule has 3 aromatic rings. The van der Waals surface area contributed by atoms with Crippen molar-refractivity contribution in [3.05, 3.63) is 53.3 Å². The van der Waals surface area contributed by atoms with E-state index in [2.05, 4.69) is 10.4 Å². The highest BCUT2D eigenvalue weighted by molar-refractivity contribution is 7.79. The van der Waals surface area contributed by atoms with E-state index >= 15 is 0 Å². The summed E-state index contributed by atoms with van der Waals surface area (Å²) >= 11 is 11.3. The summed E-state index contributed by atoms with van der Waals surface area (Å²) in [6.45, 7) is 0. The molecule has 1 N–H and O–H groups in total. The van der Waals surface area contributed by atoms with Crippen molar-refractivity contribution < 1.29 is 4.74 Å². The Morgan fingerprint density at radius 2 is 2.17 bits per heavy atom. The molecule has 2 aromatic heterocycles. The topological polar surface area (TPSA) is 38.6 Å². The Morgan fingerprint density at radius 1 is 1.30 bits per heavy atom. The highest BCUT2D eigenvalue weighted by atomic mass is 35.5. The van der Waals surface area contributed by atoms with Gasteiger partial charge in [0, 0.05) is 23.7 Å². The molecule has 0 unspecified atom stereocenters. The summed E-state index contributed by atoms with van der Waals surface area (Å²) in [6.07, 6.45) is 5.96. The zero-order chi connectivity index (χ0) is 15.8. The maximum Gasteiger partial charge on any atom is 0.173 e. The van der Waals surface area contributed by atoms with E-state index in [1.807, 2.05) is 36.5 Å². The standard InChI is InChI=1S/C17H14ClN3OS/c18-14-8-13(3-4-15(14)20-12-1-2-12)22-17-9-19-21-6-5-11(10-23)7-16(17)21/h3-10,12,20H,1-2H2. The second kappa shape index (κ2) is 5.83. The van der Waals surface area contributed by atoms with Crippen molar-refractivity contribution >= 4 is 40.4 Å². The third-order valence-corrected chi connectivity index (χ3v) is 4.34. The third-order valence-electron chi connectivity index (χ3n) is 3.75. The van der Waals surface area contributed by atoms with E-state index in [0.717, 1.165) is 16.8 Å². The molecular weight excluding hydrogens is 330 g/mol. The fourth-order valence-corrected chi connectivity index (χ4v) is 2.75. The van der Waals surface area contributed by atoms with E-state index in [-0.39, 0.29) is 0 Å². The van der Waals surface area contributed by atoms with Gasteiger partial charge in [-0.1, -0.05) is 23.8 Å². The number of benzene rings is 1. The van der Waals surface area contributed by atoms with Gasteiger partial charge >= 0.3 is 0 Å². The first-order chi connectivity index (χ1) is 11.2. The Labute approximate surface area is 144 Å². The Kier molecular flexibility index (Phi) is 3.67. The van der Waals surface area contributed by atoms with Crippen molar-refractivity contribution in [2.24, 2.45) is 0 Å².